The van der Waals surface area contributed by atoms with Gasteiger partial charge >= 0.3 is 23.9 Å². The molecular weight excluding hydrogens is 396 g/mol. The molecule has 166 valence electrons. The van der Waals surface area contributed by atoms with Crippen molar-refractivity contribution in [3.05, 3.63) is 35.4 Å². The van der Waals surface area contributed by atoms with Crippen LogP contribution in [0.3, 0.4) is 0 Å². The van der Waals surface area contributed by atoms with Crippen LogP contribution in [0.5, 0.6) is 0 Å². The van der Waals surface area contributed by atoms with Crippen LogP contribution >= 0.6 is 0 Å². The van der Waals surface area contributed by atoms with Crippen molar-refractivity contribution in [3.63, 3.8) is 0 Å². The van der Waals surface area contributed by atoms with Crippen molar-refractivity contribution < 1.29 is 38.9 Å². The van der Waals surface area contributed by atoms with Crippen molar-refractivity contribution in [3.8, 4) is 0 Å². The van der Waals surface area contributed by atoms with Crippen LogP contribution in [0.25, 0.3) is 0 Å². The highest BCUT2D eigenvalue weighted by Gasteiger charge is 2.23. The molecule has 0 spiro atoms. The number of rotatable bonds is 10. The zero-order valence-corrected chi connectivity index (χ0v) is 17.3. The van der Waals surface area contributed by atoms with Crippen LogP contribution in [0.1, 0.15) is 38.3 Å². The molecule has 1 unspecified atom stereocenters. The summed E-state index contributed by atoms with van der Waals surface area (Å²) >= 11 is 0. The van der Waals surface area contributed by atoms with Gasteiger partial charge in [-0.1, -0.05) is 24.3 Å². The molecule has 0 aliphatic carbocycles. The van der Waals surface area contributed by atoms with Gasteiger partial charge in [0.05, 0.1) is 6.61 Å². The summed E-state index contributed by atoms with van der Waals surface area (Å²) in [7, 11) is 0. The lowest BCUT2D eigenvalue weighted by atomic mass is 10.0. The minimum absolute atomic E-state index is 0.0498. The van der Waals surface area contributed by atoms with E-state index in [2.05, 4.69) is 5.32 Å². The average molecular weight is 424 g/mol. The number of carbonyl (C=O) groups is 4. The first-order valence-electron chi connectivity index (χ1n) is 9.37. The molecule has 0 saturated carbocycles. The number of ether oxygens (including phenoxy) is 2. The fraction of sp³-hybridized carbons (Fsp3) is 0.500. The molecule has 2 amide bonds. The van der Waals surface area contributed by atoms with Crippen LogP contribution in [0.2, 0.25) is 0 Å². The number of carboxylic acid groups (broad SMARTS) is 2. The van der Waals surface area contributed by atoms with Gasteiger partial charge in [0.15, 0.2) is 0 Å². The standard InChI is InChI=1S/C20H28N2O8/c1-20(2,3)30-19(28)21-9-4-10-29-12-14-7-5-13(6-8-14)11-15(17(24)25)22-16(23)18(26)27/h5-8,15H,4,9-12H2,1-3H3,(H,21,28)(H,22,23)(H,24,25)(H,26,27). The normalized spacial score (nSPS) is 12.0. The number of hydrogen-bond donors (Lipinski definition) is 4. The second-order valence-corrected chi connectivity index (χ2v) is 7.52. The third kappa shape index (κ3) is 10.4. The summed E-state index contributed by atoms with van der Waals surface area (Å²) in [5.41, 5.74) is 0.942. The molecule has 1 rings (SSSR count). The molecule has 0 heterocycles. The largest absolute Gasteiger partial charge is 0.480 e. The van der Waals surface area contributed by atoms with Crippen LogP contribution in [0, 0.1) is 0 Å². The number of benzene rings is 1. The molecule has 0 bridgehead atoms. The van der Waals surface area contributed by atoms with Crippen LogP contribution in [-0.2, 0) is 36.9 Å². The number of hydrogen-bond acceptors (Lipinski definition) is 6. The first-order chi connectivity index (χ1) is 14.0. The van der Waals surface area contributed by atoms with Gasteiger partial charge in [-0.2, -0.15) is 0 Å². The van der Waals surface area contributed by atoms with Gasteiger partial charge in [0, 0.05) is 19.6 Å². The maximum Gasteiger partial charge on any atom is 0.407 e. The molecule has 10 nitrogen and oxygen atoms in total. The van der Waals surface area contributed by atoms with Gasteiger partial charge in [-0.15, -0.1) is 0 Å². The second kappa shape index (κ2) is 11.8. The van der Waals surface area contributed by atoms with Gasteiger partial charge < -0.3 is 30.3 Å². The van der Waals surface area contributed by atoms with E-state index in [4.69, 9.17) is 19.7 Å². The van der Waals surface area contributed by atoms with E-state index in [1.54, 1.807) is 45.0 Å². The number of amides is 2. The minimum atomic E-state index is -1.74. The predicted octanol–water partition coefficient (Wildman–Crippen LogP) is 1.31. The van der Waals surface area contributed by atoms with Crippen molar-refractivity contribution in [2.24, 2.45) is 0 Å². The van der Waals surface area contributed by atoms with Gasteiger partial charge in [-0.25, -0.2) is 14.4 Å². The molecule has 0 aromatic heterocycles. The molecule has 0 fully saturated rings. The summed E-state index contributed by atoms with van der Waals surface area (Å²) in [4.78, 5) is 44.4. The number of carboxylic acids is 2. The van der Waals surface area contributed by atoms with E-state index >= 15 is 0 Å². The first-order valence-corrected chi connectivity index (χ1v) is 9.37. The third-order valence-corrected chi connectivity index (χ3v) is 3.66. The van der Waals surface area contributed by atoms with Gasteiger partial charge in [-0.05, 0) is 38.3 Å². The number of carbonyl (C=O) groups excluding carboxylic acids is 2. The van der Waals surface area contributed by atoms with Crippen LogP contribution in [0.15, 0.2) is 24.3 Å². The Kier molecular flexibility index (Phi) is 9.76. The van der Waals surface area contributed by atoms with Crippen molar-refractivity contribution in [1.29, 1.82) is 0 Å². The highest BCUT2D eigenvalue weighted by Crippen LogP contribution is 2.09. The molecule has 0 aliphatic heterocycles. The van der Waals surface area contributed by atoms with E-state index < -0.39 is 35.6 Å². The highest BCUT2D eigenvalue weighted by atomic mass is 16.6. The van der Waals surface area contributed by atoms with Gasteiger partial charge in [-0.3, -0.25) is 4.79 Å². The van der Waals surface area contributed by atoms with E-state index in [1.165, 1.54) is 0 Å². The zero-order chi connectivity index (χ0) is 22.7. The van der Waals surface area contributed by atoms with E-state index in [-0.39, 0.29) is 6.42 Å². The Morgan fingerprint density at radius 2 is 1.63 bits per heavy atom. The molecule has 1 atom stereocenters. The molecule has 0 saturated heterocycles. The summed E-state index contributed by atoms with van der Waals surface area (Å²) in [6, 6.07) is 5.54. The SMILES string of the molecule is CC(C)(C)OC(=O)NCCCOCc1ccc(CC(NC(=O)C(=O)O)C(=O)O)cc1. The summed E-state index contributed by atoms with van der Waals surface area (Å²) in [5, 5.41) is 22.3. The third-order valence-electron chi connectivity index (χ3n) is 3.66. The van der Waals surface area contributed by atoms with Crippen molar-refractivity contribution >= 4 is 23.9 Å². The quantitative estimate of drug-likeness (QED) is 0.324. The molecule has 0 radical (unpaired) electrons. The monoisotopic (exact) mass is 424 g/mol. The lowest BCUT2D eigenvalue weighted by molar-refractivity contribution is -0.152. The van der Waals surface area contributed by atoms with Crippen LogP contribution in [-0.4, -0.2) is 58.9 Å². The van der Waals surface area contributed by atoms with Crippen molar-refractivity contribution in [2.45, 2.75) is 51.9 Å². The number of aliphatic carboxylic acids is 2. The molecule has 10 heteroatoms. The van der Waals surface area contributed by atoms with E-state index in [0.29, 0.717) is 31.7 Å². The topological polar surface area (TPSA) is 151 Å². The molecular formula is C20H28N2O8. The molecule has 0 aliphatic rings. The van der Waals surface area contributed by atoms with Crippen molar-refractivity contribution in [2.75, 3.05) is 13.2 Å². The Morgan fingerprint density at radius 3 is 2.17 bits per heavy atom. The Morgan fingerprint density at radius 1 is 1.03 bits per heavy atom. The van der Waals surface area contributed by atoms with E-state index in [0.717, 1.165) is 5.56 Å². The smallest absolute Gasteiger partial charge is 0.407 e. The van der Waals surface area contributed by atoms with Gasteiger partial charge in [0.2, 0.25) is 0 Å². The fourth-order valence-corrected chi connectivity index (χ4v) is 2.30. The molecule has 30 heavy (non-hydrogen) atoms. The fourth-order valence-electron chi connectivity index (χ4n) is 2.30. The van der Waals surface area contributed by atoms with Crippen molar-refractivity contribution in [1.82, 2.24) is 10.6 Å². The second-order valence-electron chi connectivity index (χ2n) is 7.52. The Hall–Kier alpha value is -3.14. The van der Waals surface area contributed by atoms with E-state index in [9.17, 15) is 19.2 Å². The Balaban J connectivity index is 2.35. The summed E-state index contributed by atoms with van der Waals surface area (Å²) in [5.74, 6) is -4.43. The van der Waals surface area contributed by atoms with E-state index in [1.807, 2.05) is 5.32 Å². The van der Waals surface area contributed by atoms with Crippen LogP contribution < -0.4 is 10.6 Å². The van der Waals surface area contributed by atoms with Gasteiger partial charge in [0.25, 0.3) is 0 Å². The summed E-state index contributed by atoms with van der Waals surface area (Å²) in [6.07, 6.45) is 0.0875. The Labute approximate surface area is 174 Å². The first kappa shape index (κ1) is 24.9. The average Bonchev–Trinajstić information content (AvgIpc) is 2.63. The van der Waals surface area contributed by atoms with Gasteiger partial charge in [0.1, 0.15) is 11.6 Å². The Bertz CT molecular complexity index is 740. The molecule has 1 aromatic rings. The molecule has 4 N–H and O–H groups in total. The molecule has 1 aromatic carbocycles. The lowest BCUT2D eigenvalue weighted by Crippen LogP contribution is -2.45. The maximum atomic E-state index is 11.5. The van der Waals surface area contributed by atoms with Crippen LogP contribution in [0.4, 0.5) is 4.79 Å². The predicted molar refractivity (Wildman–Crippen MR) is 106 cm³/mol. The highest BCUT2D eigenvalue weighted by molar-refractivity contribution is 6.31. The number of alkyl carbamates (subject to hydrolysis) is 1. The lowest BCUT2D eigenvalue weighted by Gasteiger charge is -2.19. The maximum absolute atomic E-state index is 11.5. The zero-order valence-electron chi connectivity index (χ0n) is 17.3. The summed E-state index contributed by atoms with van der Waals surface area (Å²) < 4.78 is 10.7. The summed E-state index contributed by atoms with van der Waals surface area (Å²) in [6.45, 7) is 6.55. The minimum Gasteiger partial charge on any atom is -0.480 e. The number of nitrogens with one attached hydrogen (secondary N) is 2.